The quantitative estimate of drug-likeness (QED) is 0.863. The van der Waals surface area contributed by atoms with Crippen molar-refractivity contribution < 1.29 is 17.6 Å². The number of halogens is 4. The molecule has 6 heteroatoms. The zero-order valence-corrected chi connectivity index (χ0v) is 11.6. The summed E-state index contributed by atoms with van der Waals surface area (Å²) in [5, 5.41) is 3.24. The van der Waals surface area contributed by atoms with Crippen molar-refractivity contribution in [2.24, 2.45) is 5.92 Å². The molecule has 1 aromatic rings. The van der Waals surface area contributed by atoms with Gasteiger partial charge >= 0.3 is 6.18 Å². The van der Waals surface area contributed by atoms with Crippen LogP contribution in [0.25, 0.3) is 0 Å². The summed E-state index contributed by atoms with van der Waals surface area (Å²) in [4.78, 5) is 2.22. The molecule has 0 aromatic heterocycles. The molecule has 1 aromatic carbocycles. The third-order valence-corrected chi connectivity index (χ3v) is 4.25. The smallest absolute Gasteiger partial charge is 0.314 e. The Hall–Kier alpha value is -1.14. The highest BCUT2D eigenvalue weighted by Gasteiger charge is 2.39. The molecule has 116 valence electrons. The van der Waals surface area contributed by atoms with Crippen LogP contribution in [0, 0.1) is 11.7 Å². The topological polar surface area (TPSA) is 15.3 Å². The molecular weight excluding hydrogens is 284 g/mol. The first kappa shape index (κ1) is 14.8. The van der Waals surface area contributed by atoms with Gasteiger partial charge in [0.15, 0.2) is 0 Å². The van der Waals surface area contributed by atoms with Gasteiger partial charge in [-0.15, -0.1) is 0 Å². The van der Waals surface area contributed by atoms with Gasteiger partial charge in [0.2, 0.25) is 0 Å². The lowest BCUT2D eigenvalue weighted by Crippen LogP contribution is -2.45. The van der Waals surface area contributed by atoms with Crippen LogP contribution in [0.5, 0.6) is 0 Å². The lowest BCUT2D eigenvalue weighted by molar-refractivity contribution is -0.140. The van der Waals surface area contributed by atoms with Gasteiger partial charge < -0.3 is 5.32 Å². The van der Waals surface area contributed by atoms with E-state index in [4.69, 9.17) is 0 Å². The summed E-state index contributed by atoms with van der Waals surface area (Å²) in [6.45, 7) is 3.33. The minimum atomic E-state index is -4.64. The van der Waals surface area contributed by atoms with E-state index in [1.54, 1.807) is 0 Å². The third-order valence-electron chi connectivity index (χ3n) is 4.25. The second-order valence-electron chi connectivity index (χ2n) is 5.81. The Morgan fingerprint density at radius 3 is 2.38 bits per heavy atom. The van der Waals surface area contributed by atoms with Crippen LogP contribution in [0.4, 0.5) is 17.6 Å². The van der Waals surface area contributed by atoms with E-state index in [2.05, 4.69) is 10.2 Å². The molecule has 1 saturated carbocycles. The number of rotatable bonds is 3. The fraction of sp³-hybridized carbons (Fsp3) is 0.600. The number of piperazine rings is 1. The van der Waals surface area contributed by atoms with Crippen molar-refractivity contribution in [3.8, 4) is 0 Å². The van der Waals surface area contributed by atoms with Crippen LogP contribution in [0.1, 0.15) is 30.0 Å². The second kappa shape index (κ2) is 5.57. The van der Waals surface area contributed by atoms with Gasteiger partial charge in [0.1, 0.15) is 5.82 Å². The summed E-state index contributed by atoms with van der Waals surface area (Å²) in [6, 6.07) is 3.44. The fourth-order valence-electron chi connectivity index (χ4n) is 3.10. The van der Waals surface area contributed by atoms with Crippen molar-refractivity contribution in [2.75, 3.05) is 26.2 Å². The summed E-state index contributed by atoms with van der Waals surface area (Å²) in [6.07, 6.45) is -2.57. The number of hydrogen-bond acceptors (Lipinski definition) is 2. The summed E-state index contributed by atoms with van der Waals surface area (Å²) in [7, 11) is 0. The van der Waals surface area contributed by atoms with Gasteiger partial charge in [-0.25, -0.2) is 4.39 Å². The maximum absolute atomic E-state index is 13.4. The van der Waals surface area contributed by atoms with E-state index >= 15 is 0 Å². The first-order valence-electron chi connectivity index (χ1n) is 7.28. The van der Waals surface area contributed by atoms with Crippen molar-refractivity contribution in [2.45, 2.75) is 25.1 Å². The average molecular weight is 302 g/mol. The van der Waals surface area contributed by atoms with Crippen molar-refractivity contribution in [1.29, 1.82) is 0 Å². The molecule has 3 rings (SSSR count). The van der Waals surface area contributed by atoms with Crippen LogP contribution in [-0.2, 0) is 6.18 Å². The van der Waals surface area contributed by atoms with Crippen LogP contribution in [0.15, 0.2) is 18.2 Å². The number of hydrogen-bond donors (Lipinski definition) is 1. The number of benzene rings is 1. The van der Waals surface area contributed by atoms with E-state index in [9.17, 15) is 17.6 Å². The standard InChI is InChI=1S/C15H18F4N2/c16-13-4-3-11(9-12(13)15(17,18)19)14(10-1-2-10)21-7-5-20-6-8-21/h3-4,9-10,14,20H,1-2,5-8H2/t14-/m0/s1. The Bertz CT molecular complexity index is 505. The highest BCUT2D eigenvalue weighted by molar-refractivity contribution is 5.30. The van der Waals surface area contributed by atoms with E-state index in [0.29, 0.717) is 11.5 Å². The molecule has 0 spiro atoms. The van der Waals surface area contributed by atoms with Crippen molar-refractivity contribution in [1.82, 2.24) is 10.2 Å². The molecular formula is C15H18F4N2. The van der Waals surface area contributed by atoms with Gasteiger partial charge in [-0.05, 0) is 36.5 Å². The zero-order chi connectivity index (χ0) is 15.0. The minimum Gasteiger partial charge on any atom is -0.314 e. The number of nitrogens with one attached hydrogen (secondary N) is 1. The average Bonchev–Trinajstić information content (AvgIpc) is 3.25. The van der Waals surface area contributed by atoms with Gasteiger partial charge in [-0.1, -0.05) is 6.07 Å². The lowest BCUT2D eigenvalue weighted by Gasteiger charge is -2.35. The molecule has 0 radical (unpaired) electrons. The molecule has 2 nitrogen and oxygen atoms in total. The molecule has 0 bridgehead atoms. The first-order chi connectivity index (χ1) is 9.97. The van der Waals surface area contributed by atoms with Crippen molar-refractivity contribution in [3.05, 3.63) is 35.1 Å². The normalized spacial score (nSPS) is 22.3. The third kappa shape index (κ3) is 3.21. The van der Waals surface area contributed by atoms with Crippen molar-refractivity contribution in [3.63, 3.8) is 0 Å². The second-order valence-corrected chi connectivity index (χ2v) is 5.81. The Balaban J connectivity index is 1.92. The fourth-order valence-corrected chi connectivity index (χ4v) is 3.10. The van der Waals surface area contributed by atoms with E-state index in [0.717, 1.165) is 51.2 Å². The lowest BCUT2D eigenvalue weighted by atomic mass is 9.97. The molecule has 1 aliphatic heterocycles. The summed E-state index contributed by atoms with van der Waals surface area (Å²) < 4.78 is 52.1. The highest BCUT2D eigenvalue weighted by Crippen LogP contribution is 2.45. The van der Waals surface area contributed by atoms with E-state index in [-0.39, 0.29) is 6.04 Å². The Morgan fingerprint density at radius 2 is 1.81 bits per heavy atom. The predicted octanol–water partition coefficient (Wildman–Crippen LogP) is 3.20. The van der Waals surface area contributed by atoms with Gasteiger partial charge in [-0.2, -0.15) is 13.2 Å². The van der Waals surface area contributed by atoms with Gasteiger partial charge in [0.05, 0.1) is 5.56 Å². The van der Waals surface area contributed by atoms with Crippen LogP contribution < -0.4 is 5.32 Å². The predicted molar refractivity (Wildman–Crippen MR) is 71.3 cm³/mol. The van der Waals surface area contributed by atoms with Crippen LogP contribution in [-0.4, -0.2) is 31.1 Å². The van der Waals surface area contributed by atoms with E-state index < -0.39 is 17.6 Å². The monoisotopic (exact) mass is 302 g/mol. The summed E-state index contributed by atoms with van der Waals surface area (Å²) in [5.41, 5.74) is -0.561. The molecule has 1 N–H and O–H groups in total. The van der Waals surface area contributed by atoms with Gasteiger partial charge in [-0.3, -0.25) is 4.90 Å². The van der Waals surface area contributed by atoms with Gasteiger partial charge in [0, 0.05) is 32.2 Å². The van der Waals surface area contributed by atoms with Crippen LogP contribution in [0.2, 0.25) is 0 Å². The Morgan fingerprint density at radius 1 is 1.14 bits per heavy atom. The summed E-state index contributed by atoms with van der Waals surface area (Å²) in [5.74, 6) is -0.796. The molecule has 2 aliphatic rings. The van der Waals surface area contributed by atoms with Crippen LogP contribution in [0.3, 0.4) is 0 Å². The maximum Gasteiger partial charge on any atom is 0.419 e. The Kier molecular flexibility index (Phi) is 3.92. The molecule has 0 amide bonds. The molecule has 1 atom stereocenters. The van der Waals surface area contributed by atoms with E-state index in [1.165, 1.54) is 6.07 Å². The van der Waals surface area contributed by atoms with E-state index in [1.807, 2.05) is 0 Å². The molecule has 1 aliphatic carbocycles. The molecule has 1 heterocycles. The molecule has 0 unspecified atom stereocenters. The SMILES string of the molecule is Fc1ccc([C@H](C2CC2)N2CCNCC2)cc1C(F)(F)F. The minimum absolute atomic E-state index is 0.0196. The largest absolute Gasteiger partial charge is 0.419 e. The first-order valence-corrected chi connectivity index (χ1v) is 7.28. The Labute approximate surface area is 121 Å². The molecule has 1 saturated heterocycles. The highest BCUT2D eigenvalue weighted by atomic mass is 19.4. The van der Waals surface area contributed by atoms with Crippen LogP contribution >= 0.6 is 0 Å². The van der Waals surface area contributed by atoms with Crippen molar-refractivity contribution >= 4 is 0 Å². The molecule has 2 fully saturated rings. The zero-order valence-electron chi connectivity index (χ0n) is 11.6. The van der Waals surface area contributed by atoms with Gasteiger partial charge in [0.25, 0.3) is 0 Å². The maximum atomic E-state index is 13.4. The number of nitrogens with zero attached hydrogens (tertiary/aromatic N) is 1. The molecule has 21 heavy (non-hydrogen) atoms. The summed E-state index contributed by atoms with van der Waals surface area (Å²) >= 11 is 0. The number of alkyl halides is 3.